The summed E-state index contributed by atoms with van der Waals surface area (Å²) in [4.78, 5) is 0. The van der Waals surface area contributed by atoms with Gasteiger partial charge in [0.05, 0.1) is 0 Å². The van der Waals surface area contributed by atoms with Crippen molar-refractivity contribution in [2.45, 2.75) is 79.6 Å². The summed E-state index contributed by atoms with van der Waals surface area (Å²) in [6, 6.07) is 20.5. The van der Waals surface area contributed by atoms with Crippen molar-refractivity contribution in [3.63, 3.8) is 0 Å². The van der Waals surface area contributed by atoms with Crippen molar-refractivity contribution in [2.24, 2.45) is 11.3 Å². The Hall–Kier alpha value is -2.05. The minimum atomic E-state index is 0. The zero-order valence-corrected chi connectivity index (χ0v) is 32.9. The first-order valence-corrected chi connectivity index (χ1v) is 16.7. The third kappa shape index (κ3) is 9.28. The first-order valence-electron chi connectivity index (χ1n) is 15.0. The number of fused-ring (bicyclic) bond motifs is 5. The molecule has 0 radical (unpaired) electrons. The molecule has 45 heavy (non-hydrogen) atoms. The summed E-state index contributed by atoms with van der Waals surface area (Å²) in [5.74, 6) is 0.522. The number of benzene rings is 3. The van der Waals surface area contributed by atoms with Crippen LogP contribution in [0.15, 0.2) is 72.3 Å². The summed E-state index contributed by atoms with van der Waals surface area (Å²) in [6.45, 7) is 20.0. The molecule has 0 spiro atoms. The Bertz CT molecular complexity index is 1500. The van der Waals surface area contributed by atoms with Crippen LogP contribution in [0.1, 0.15) is 94.3 Å². The molecule has 3 aromatic carbocycles. The van der Waals surface area contributed by atoms with E-state index in [0.717, 1.165) is 6.42 Å². The SMILES string of the molecule is CC1(C)[C-]=Cc2cc3c(cc21)Cc1cc2c(cc1-3)C=CC2(C)C.CC1[C-]=CC(C(C)(C)C)=C1.Cc1cc[c-]cc1.Cl.Cl.[CH2]=[Zr].[CH3-]. The Morgan fingerprint density at radius 2 is 1.40 bits per heavy atom. The molecule has 0 amide bonds. The molecule has 0 bridgehead atoms. The maximum absolute atomic E-state index is 3.50. The van der Waals surface area contributed by atoms with E-state index in [-0.39, 0.29) is 43.1 Å². The maximum atomic E-state index is 3.50. The first-order chi connectivity index (χ1) is 19.7. The van der Waals surface area contributed by atoms with Gasteiger partial charge in [-0.15, -0.1) is 36.4 Å². The molecular weight excluding hydrogens is 667 g/mol. The predicted octanol–water partition coefficient (Wildman–Crippen LogP) is 11.7. The number of hydrogen-bond donors (Lipinski definition) is 0. The Kier molecular flexibility index (Phi) is 14.7. The van der Waals surface area contributed by atoms with Gasteiger partial charge in [0.25, 0.3) is 0 Å². The average molecular weight is 717 g/mol. The molecule has 4 aliphatic carbocycles. The monoisotopic (exact) mass is 714 g/mol. The maximum Gasteiger partial charge on any atom is -0.358 e. The number of rotatable bonds is 0. The predicted molar refractivity (Wildman–Crippen MR) is 200 cm³/mol. The Balaban J connectivity index is 0.000000387. The van der Waals surface area contributed by atoms with Gasteiger partial charge in [0.1, 0.15) is 0 Å². The Morgan fingerprint density at radius 3 is 1.87 bits per heavy atom. The molecule has 0 aromatic heterocycles. The van der Waals surface area contributed by atoms with Crippen LogP contribution in [0.2, 0.25) is 0 Å². The van der Waals surface area contributed by atoms with Crippen LogP contribution in [-0.4, -0.2) is 4.21 Å². The van der Waals surface area contributed by atoms with Crippen molar-refractivity contribution in [3.8, 4) is 11.1 Å². The molecule has 4 aliphatic rings. The van der Waals surface area contributed by atoms with Crippen molar-refractivity contribution >= 4 is 41.2 Å². The smallest absolute Gasteiger partial charge is 0.358 e. The molecule has 0 N–H and O–H groups in total. The second-order valence-electron chi connectivity index (χ2n) is 13.9. The Morgan fingerprint density at radius 1 is 0.844 bits per heavy atom. The van der Waals surface area contributed by atoms with Gasteiger partial charge in [-0.3, -0.25) is 12.2 Å². The van der Waals surface area contributed by atoms with E-state index in [1.165, 1.54) is 79.9 Å². The van der Waals surface area contributed by atoms with E-state index >= 15 is 0 Å². The van der Waals surface area contributed by atoms with Crippen molar-refractivity contribution in [2.75, 3.05) is 0 Å². The quantitative estimate of drug-likeness (QED) is 0.159. The van der Waals surface area contributed by atoms with Crippen LogP contribution in [0, 0.1) is 43.9 Å². The van der Waals surface area contributed by atoms with Gasteiger partial charge >= 0.3 is 28.4 Å². The summed E-state index contributed by atoms with van der Waals surface area (Å²) in [6.07, 6.45) is 19.0. The van der Waals surface area contributed by atoms with Crippen molar-refractivity contribution in [1.29, 1.82) is 0 Å². The van der Waals surface area contributed by atoms with Gasteiger partial charge in [-0.1, -0.05) is 103 Å². The largest absolute Gasteiger partial charge is 0.358 e. The van der Waals surface area contributed by atoms with Gasteiger partial charge in [0.2, 0.25) is 0 Å². The van der Waals surface area contributed by atoms with Crippen LogP contribution < -0.4 is 0 Å². The topological polar surface area (TPSA) is 0 Å². The van der Waals surface area contributed by atoms with E-state index in [9.17, 15) is 0 Å². The molecule has 0 nitrogen and oxygen atoms in total. The van der Waals surface area contributed by atoms with Crippen LogP contribution in [0.3, 0.4) is 0 Å². The standard InChI is InChI=1S/C23H21.C10H15.C7H7.CH3.CH2.2ClH.Zr/c1-22(2)7-5-14-10-18-16(12-20(14)22)9-17-13-21-15(11-19(17)18)6-8-23(21,3)4;1-8-5-6-9(7-8)10(2,3)4;1-7-5-3-2-4-6-7;;;;;/h5-7,10-13H,9H2,1-4H3;6-8H,1-4H3;3-6H,1H3;1H3;1H2;2*1H;/q4*-1;;;;. The molecule has 0 saturated carbocycles. The van der Waals surface area contributed by atoms with Crippen molar-refractivity contribution in [1.82, 2.24) is 0 Å². The molecule has 7 rings (SSSR count). The molecule has 3 aromatic rings. The van der Waals surface area contributed by atoms with E-state index in [1.54, 1.807) is 0 Å². The first kappa shape index (κ1) is 41.0. The van der Waals surface area contributed by atoms with E-state index < -0.39 is 0 Å². The third-order valence-corrected chi connectivity index (χ3v) is 8.54. The van der Waals surface area contributed by atoms with Crippen LogP contribution in [0.5, 0.6) is 0 Å². The third-order valence-electron chi connectivity index (χ3n) is 8.54. The second kappa shape index (κ2) is 16.2. The molecule has 3 heteroatoms. The molecule has 1 atom stereocenters. The molecule has 1 unspecified atom stereocenters. The fraction of sp³-hybridized carbons (Fsp3) is 0.333. The van der Waals surface area contributed by atoms with Crippen LogP contribution in [0.4, 0.5) is 0 Å². The fourth-order valence-corrected chi connectivity index (χ4v) is 5.93. The summed E-state index contributed by atoms with van der Waals surface area (Å²) in [7, 11) is 0. The van der Waals surface area contributed by atoms with E-state index in [0.29, 0.717) is 11.3 Å². The summed E-state index contributed by atoms with van der Waals surface area (Å²) >= 11 is 1.30. The van der Waals surface area contributed by atoms with Gasteiger partial charge in [-0.25, -0.2) is 12.2 Å². The second-order valence-corrected chi connectivity index (χ2v) is 13.9. The van der Waals surface area contributed by atoms with Gasteiger partial charge in [0, 0.05) is 5.41 Å². The van der Waals surface area contributed by atoms with E-state index in [2.05, 4.69) is 139 Å². The van der Waals surface area contributed by atoms with Crippen molar-refractivity contribution < 1.29 is 24.2 Å². The molecule has 0 saturated heterocycles. The fourth-order valence-electron chi connectivity index (χ4n) is 5.93. The average Bonchev–Trinajstić information content (AvgIpc) is 3.68. The molecular formula is C42H50Cl2Zr-4. The summed E-state index contributed by atoms with van der Waals surface area (Å²) in [5.41, 5.74) is 14.7. The van der Waals surface area contributed by atoms with E-state index in [4.69, 9.17) is 0 Å². The molecule has 240 valence electrons. The molecule has 0 fully saturated rings. The van der Waals surface area contributed by atoms with Crippen LogP contribution in [0.25, 0.3) is 23.3 Å². The number of allylic oxidation sites excluding steroid dienone is 6. The Labute approximate surface area is 302 Å². The van der Waals surface area contributed by atoms with Crippen LogP contribution >= 0.6 is 24.8 Å². The zero-order chi connectivity index (χ0) is 30.9. The normalized spacial score (nSPS) is 17.4. The summed E-state index contributed by atoms with van der Waals surface area (Å²) in [5, 5.41) is 0. The summed E-state index contributed by atoms with van der Waals surface area (Å²) < 4.78 is 3.34. The van der Waals surface area contributed by atoms with Gasteiger partial charge in [0.15, 0.2) is 0 Å². The molecule has 0 aliphatic heterocycles. The minimum Gasteiger partial charge on any atom is -0.358 e. The number of halogens is 2. The van der Waals surface area contributed by atoms with E-state index in [1.807, 2.05) is 24.3 Å². The minimum absolute atomic E-state index is 0. The van der Waals surface area contributed by atoms with Gasteiger partial charge in [-0.05, 0) is 45.9 Å². The zero-order valence-electron chi connectivity index (χ0n) is 28.8. The van der Waals surface area contributed by atoms with Gasteiger partial charge in [-0.2, -0.15) is 53.1 Å². The number of hydrogen-bond acceptors (Lipinski definition) is 0. The number of aryl methyl sites for hydroxylation is 1. The van der Waals surface area contributed by atoms with Crippen LogP contribution in [-0.2, 0) is 41.5 Å². The van der Waals surface area contributed by atoms with Gasteiger partial charge < -0.3 is 7.43 Å². The molecule has 0 heterocycles. The van der Waals surface area contributed by atoms with Crippen molar-refractivity contribution in [3.05, 3.63) is 137 Å².